The Morgan fingerprint density at radius 2 is 2.00 bits per heavy atom. The highest BCUT2D eigenvalue weighted by molar-refractivity contribution is 9.10. The van der Waals surface area contributed by atoms with Crippen LogP contribution in [0.25, 0.3) is 6.08 Å². The van der Waals surface area contributed by atoms with Crippen LogP contribution in [0.4, 0.5) is 0 Å². The minimum absolute atomic E-state index is 0.00332. The maximum absolute atomic E-state index is 12.8. The Bertz CT molecular complexity index is 819. The Morgan fingerprint density at radius 3 is 2.73 bits per heavy atom. The zero-order valence-electron chi connectivity index (χ0n) is 14.9. The van der Waals surface area contributed by atoms with Crippen molar-refractivity contribution in [2.75, 3.05) is 20.8 Å². The molecule has 0 N–H and O–H groups in total. The smallest absolute Gasteiger partial charge is 0.247 e. The van der Waals surface area contributed by atoms with Crippen molar-refractivity contribution in [2.24, 2.45) is 0 Å². The predicted molar refractivity (Wildman–Crippen MR) is 106 cm³/mol. The highest BCUT2D eigenvalue weighted by atomic mass is 79.9. The summed E-state index contributed by atoms with van der Waals surface area (Å²) in [5, 5.41) is 0. The van der Waals surface area contributed by atoms with Gasteiger partial charge in [-0.25, -0.2) is 0 Å². The molecule has 0 saturated carbocycles. The van der Waals surface area contributed by atoms with E-state index in [4.69, 9.17) is 9.47 Å². The fourth-order valence-electron chi connectivity index (χ4n) is 3.32. The molecule has 1 atom stereocenters. The number of ether oxygens (including phenoxy) is 2. The number of carbonyl (C=O) groups is 1. The third-order valence-corrected chi connectivity index (χ3v) is 5.36. The quantitative estimate of drug-likeness (QED) is 0.655. The summed E-state index contributed by atoms with van der Waals surface area (Å²) in [6.45, 7) is 0.740. The molecule has 0 aliphatic carbocycles. The van der Waals surface area contributed by atoms with Crippen LogP contribution >= 0.6 is 15.9 Å². The SMILES string of the molecule is COc1ccc(OC)c([C@@H]2CCCN2C(=O)/C=C/c2ccccc2Br)c1. The number of carbonyl (C=O) groups excluding carboxylic acids is 1. The van der Waals surface area contributed by atoms with Gasteiger partial charge in [0.2, 0.25) is 5.91 Å². The van der Waals surface area contributed by atoms with E-state index in [0.717, 1.165) is 46.5 Å². The maximum Gasteiger partial charge on any atom is 0.247 e. The third kappa shape index (κ3) is 3.93. The van der Waals surface area contributed by atoms with E-state index < -0.39 is 0 Å². The number of halogens is 1. The van der Waals surface area contributed by atoms with Gasteiger partial charge in [-0.05, 0) is 48.7 Å². The second-order valence-corrected chi connectivity index (χ2v) is 7.01. The molecule has 3 rings (SSSR count). The summed E-state index contributed by atoms with van der Waals surface area (Å²) in [5.74, 6) is 1.56. The second kappa shape index (κ2) is 8.41. The van der Waals surface area contributed by atoms with E-state index in [-0.39, 0.29) is 11.9 Å². The van der Waals surface area contributed by atoms with Crippen LogP contribution < -0.4 is 9.47 Å². The highest BCUT2D eigenvalue weighted by Gasteiger charge is 2.31. The first kappa shape index (κ1) is 18.5. The molecule has 1 saturated heterocycles. The Morgan fingerprint density at radius 1 is 1.19 bits per heavy atom. The predicted octanol–water partition coefficient (Wildman–Crippen LogP) is 4.84. The maximum atomic E-state index is 12.8. The molecule has 2 aromatic carbocycles. The molecule has 0 aromatic heterocycles. The van der Waals surface area contributed by atoms with E-state index in [1.807, 2.05) is 53.4 Å². The molecule has 0 bridgehead atoms. The van der Waals surface area contributed by atoms with Gasteiger partial charge in [0, 0.05) is 22.7 Å². The van der Waals surface area contributed by atoms with Crippen molar-refractivity contribution in [1.82, 2.24) is 4.90 Å². The largest absolute Gasteiger partial charge is 0.497 e. The van der Waals surface area contributed by atoms with Crippen LogP contribution in [0.2, 0.25) is 0 Å². The molecule has 1 amide bonds. The van der Waals surface area contributed by atoms with E-state index >= 15 is 0 Å². The van der Waals surface area contributed by atoms with Gasteiger partial charge in [-0.2, -0.15) is 0 Å². The molecular formula is C21H22BrNO3. The summed E-state index contributed by atoms with van der Waals surface area (Å²) < 4.78 is 11.8. The molecular weight excluding hydrogens is 394 g/mol. The Kier molecular flexibility index (Phi) is 5.99. The van der Waals surface area contributed by atoms with E-state index in [0.29, 0.717) is 0 Å². The number of amides is 1. The monoisotopic (exact) mass is 415 g/mol. The summed E-state index contributed by atoms with van der Waals surface area (Å²) in [7, 11) is 3.29. The minimum Gasteiger partial charge on any atom is -0.497 e. The fourth-order valence-corrected chi connectivity index (χ4v) is 3.74. The molecule has 5 heteroatoms. The summed E-state index contributed by atoms with van der Waals surface area (Å²) in [5.41, 5.74) is 1.97. The molecule has 1 aliphatic rings. The number of nitrogens with zero attached hydrogens (tertiary/aromatic N) is 1. The highest BCUT2D eigenvalue weighted by Crippen LogP contribution is 2.39. The van der Waals surface area contributed by atoms with Crippen molar-refractivity contribution in [2.45, 2.75) is 18.9 Å². The molecule has 0 radical (unpaired) electrons. The van der Waals surface area contributed by atoms with Gasteiger partial charge in [0.1, 0.15) is 11.5 Å². The lowest BCUT2D eigenvalue weighted by Crippen LogP contribution is -2.29. The number of benzene rings is 2. The number of hydrogen-bond donors (Lipinski definition) is 0. The average molecular weight is 416 g/mol. The van der Waals surface area contributed by atoms with Gasteiger partial charge >= 0.3 is 0 Å². The van der Waals surface area contributed by atoms with E-state index in [1.165, 1.54) is 0 Å². The first-order valence-corrected chi connectivity index (χ1v) is 9.38. The van der Waals surface area contributed by atoms with Gasteiger partial charge in [-0.3, -0.25) is 4.79 Å². The molecule has 1 fully saturated rings. The molecule has 1 aliphatic heterocycles. The second-order valence-electron chi connectivity index (χ2n) is 6.15. The number of hydrogen-bond acceptors (Lipinski definition) is 3. The first-order valence-electron chi connectivity index (χ1n) is 8.59. The molecule has 4 nitrogen and oxygen atoms in total. The van der Waals surface area contributed by atoms with Crippen LogP contribution in [-0.4, -0.2) is 31.6 Å². The first-order chi connectivity index (χ1) is 12.6. The van der Waals surface area contributed by atoms with Crippen LogP contribution in [0.15, 0.2) is 53.0 Å². The van der Waals surface area contributed by atoms with Crippen LogP contribution in [0, 0.1) is 0 Å². The van der Waals surface area contributed by atoms with Crippen molar-refractivity contribution in [3.05, 3.63) is 64.1 Å². The topological polar surface area (TPSA) is 38.8 Å². The van der Waals surface area contributed by atoms with Crippen LogP contribution in [0.3, 0.4) is 0 Å². The molecule has 136 valence electrons. The van der Waals surface area contributed by atoms with Crippen molar-refractivity contribution < 1.29 is 14.3 Å². The average Bonchev–Trinajstić information content (AvgIpc) is 3.16. The summed E-state index contributed by atoms with van der Waals surface area (Å²) >= 11 is 3.51. The fraction of sp³-hybridized carbons (Fsp3) is 0.286. The lowest BCUT2D eigenvalue weighted by Gasteiger charge is -2.25. The molecule has 26 heavy (non-hydrogen) atoms. The minimum atomic E-state index is -0.00332. The Labute approximate surface area is 162 Å². The van der Waals surface area contributed by atoms with Crippen LogP contribution in [0.1, 0.15) is 30.0 Å². The molecule has 1 heterocycles. The lowest BCUT2D eigenvalue weighted by molar-refractivity contribution is -0.126. The van der Waals surface area contributed by atoms with Crippen molar-refractivity contribution >= 4 is 27.9 Å². The number of rotatable bonds is 5. The lowest BCUT2D eigenvalue weighted by atomic mass is 10.0. The standard InChI is InChI=1S/C21H22BrNO3/c1-25-16-10-11-20(26-2)17(14-16)19-8-5-13-23(19)21(24)12-9-15-6-3-4-7-18(15)22/h3-4,6-7,9-12,14,19H,5,8,13H2,1-2H3/b12-9+/t19-/m0/s1. The van der Waals surface area contributed by atoms with Crippen LogP contribution in [-0.2, 0) is 4.79 Å². The summed E-state index contributed by atoms with van der Waals surface area (Å²) in [6.07, 6.45) is 5.38. The van der Waals surface area contributed by atoms with Gasteiger partial charge in [-0.15, -0.1) is 0 Å². The third-order valence-electron chi connectivity index (χ3n) is 4.64. The van der Waals surface area contributed by atoms with Gasteiger partial charge in [-0.1, -0.05) is 34.1 Å². The van der Waals surface area contributed by atoms with Gasteiger partial charge in [0.05, 0.1) is 20.3 Å². The van der Waals surface area contributed by atoms with E-state index in [1.54, 1.807) is 20.3 Å². The number of methoxy groups -OCH3 is 2. The number of likely N-dealkylation sites (tertiary alicyclic amines) is 1. The van der Waals surface area contributed by atoms with E-state index in [2.05, 4.69) is 15.9 Å². The van der Waals surface area contributed by atoms with Crippen molar-refractivity contribution in [3.8, 4) is 11.5 Å². The normalized spacial score (nSPS) is 16.9. The van der Waals surface area contributed by atoms with E-state index in [9.17, 15) is 4.79 Å². The Balaban J connectivity index is 1.84. The van der Waals surface area contributed by atoms with Crippen LogP contribution in [0.5, 0.6) is 11.5 Å². The summed E-state index contributed by atoms with van der Waals surface area (Å²) in [4.78, 5) is 14.7. The molecule has 0 spiro atoms. The summed E-state index contributed by atoms with van der Waals surface area (Å²) in [6, 6.07) is 13.6. The zero-order valence-corrected chi connectivity index (χ0v) is 16.5. The zero-order chi connectivity index (χ0) is 18.5. The van der Waals surface area contributed by atoms with Crippen molar-refractivity contribution in [1.29, 1.82) is 0 Å². The van der Waals surface area contributed by atoms with Gasteiger partial charge in [0.15, 0.2) is 0 Å². The van der Waals surface area contributed by atoms with Crippen molar-refractivity contribution in [3.63, 3.8) is 0 Å². The van der Waals surface area contributed by atoms with Gasteiger partial charge in [0.25, 0.3) is 0 Å². The van der Waals surface area contributed by atoms with Gasteiger partial charge < -0.3 is 14.4 Å². The molecule has 0 unspecified atom stereocenters. The molecule has 2 aromatic rings. The Hall–Kier alpha value is -2.27.